The van der Waals surface area contributed by atoms with Crippen molar-refractivity contribution >= 4 is 11.6 Å². The summed E-state index contributed by atoms with van der Waals surface area (Å²) in [4.78, 5) is 8.86. The molecule has 0 bridgehead atoms. The molecule has 1 aromatic heterocycles. The van der Waals surface area contributed by atoms with Crippen molar-refractivity contribution in [2.45, 2.75) is 19.3 Å². The van der Waals surface area contributed by atoms with Gasteiger partial charge in [0.25, 0.3) is 0 Å². The minimum atomic E-state index is 0.243. The molecule has 2 rings (SSSR count). The van der Waals surface area contributed by atoms with E-state index in [0.717, 1.165) is 37.2 Å². The molecule has 0 atom stereocenters. The number of aliphatic hydroxyl groups excluding tert-OH is 1. The van der Waals surface area contributed by atoms with Crippen molar-refractivity contribution < 1.29 is 5.11 Å². The molecule has 6 nitrogen and oxygen atoms in total. The number of rotatable bonds is 8. The molecule has 0 fully saturated rings. The lowest BCUT2D eigenvalue weighted by Crippen LogP contribution is -2.11. The normalized spacial score (nSPS) is 10.4. The van der Waals surface area contributed by atoms with Crippen LogP contribution in [0, 0.1) is 0 Å². The Balaban J connectivity index is 2.07. The number of hydrogen-bond acceptors (Lipinski definition) is 6. The number of hydrogen-bond donors (Lipinski definition) is 4. The fourth-order valence-electron chi connectivity index (χ4n) is 1.96. The van der Waals surface area contributed by atoms with Crippen molar-refractivity contribution in [1.29, 1.82) is 0 Å². The van der Waals surface area contributed by atoms with Crippen LogP contribution in [0.1, 0.15) is 19.3 Å². The molecule has 0 radical (unpaired) electrons. The van der Waals surface area contributed by atoms with E-state index < -0.39 is 0 Å². The zero-order chi connectivity index (χ0) is 14.9. The van der Waals surface area contributed by atoms with Crippen LogP contribution in [0.25, 0.3) is 11.4 Å². The van der Waals surface area contributed by atoms with E-state index in [9.17, 15) is 0 Å². The second-order valence-electron chi connectivity index (χ2n) is 4.68. The van der Waals surface area contributed by atoms with Crippen LogP contribution < -0.4 is 16.6 Å². The topological polar surface area (TPSA) is 96.1 Å². The number of aliphatic hydroxyl groups is 1. The van der Waals surface area contributed by atoms with Crippen molar-refractivity contribution in [3.05, 3.63) is 36.4 Å². The average Bonchev–Trinajstić information content (AvgIpc) is 2.55. The van der Waals surface area contributed by atoms with Gasteiger partial charge in [-0.05, 0) is 19.3 Å². The summed E-state index contributed by atoms with van der Waals surface area (Å²) in [6.45, 7) is 1.04. The molecule has 1 heterocycles. The first kappa shape index (κ1) is 15.2. The zero-order valence-corrected chi connectivity index (χ0v) is 11.9. The van der Waals surface area contributed by atoms with Gasteiger partial charge in [-0.15, -0.1) is 0 Å². The lowest BCUT2D eigenvalue weighted by atomic mass is 10.2. The highest BCUT2D eigenvalue weighted by Crippen LogP contribution is 2.19. The third-order valence-electron chi connectivity index (χ3n) is 3.05. The zero-order valence-electron chi connectivity index (χ0n) is 11.9. The van der Waals surface area contributed by atoms with E-state index in [-0.39, 0.29) is 6.61 Å². The van der Waals surface area contributed by atoms with E-state index in [1.807, 2.05) is 30.3 Å². The molecule has 21 heavy (non-hydrogen) atoms. The highest BCUT2D eigenvalue weighted by Gasteiger charge is 2.05. The van der Waals surface area contributed by atoms with Crippen LogP contribution in [0.5, 0.6) is 0 Å². The molecule has 5 N–H and O–H groups in total. The van der Waals surface area contributed by atoms with Crippen LogP contribution in [0.15, 0.2) is 36.4 Å². The summed E-state index contributed by atoms with van der Waals surface area (Å²) in [6.07, 6.45) is 2.80. The summed E-state index contributed by atoms with van der Waals surface area (Å²) >= 11 is 0. The number of nitrogen functional groups attached to an aromatic ring is 1. The Morgan fingerprint density at radius 3 is 2.48 bits per heavy atom. The van der Waals surface area contributed by atoms with Crippen LogP contribution in [0.3, 0.4) is 0 Å². The van der Waals surface area contributed by atoms with E-state index in [1.54, 1.807) is 6.07 Å². The molecule has 0 aliphatic carbocycles. The van der Waals surface area contributed by atoms with Crippen molar-refractivity contribution in [1.82, 2.24) is 9.97 Å². The number of nitrogens with two attached hydrogens (primary N) is 1. The number of nitrogens with zero attached hydrogens (tertiary/aromatic N) is 2. The monoisotopic (exact) mass is 287 g/mol. The van der Waals surface area contributed by atoms with Gasteiger partial charge in [0.1, 0.15) is 11.6 Å². The first-order valence-electron chi connectivity index (χ1n) is 7.09. The predicted molar refractivity (Wildman–Crippen MR) is 84.7 cm³/mol. The molecule has 0 unspecified atom stereocenters. The second-order valence-corrected chi connectivity index (χ2v) is 4.68. The van der Waals surface area contributed by atoms with Gasteiger partial charge in [-0.2, -0.15) is 0 Å². The average molecular weight is 287 g/mol. The van der Waals surface area contributed by atoms with E-state index >= 15 is 0 Å². The Bertz CT molecular complexity index is 547. The van der Waals surface area contributed by atoms with Crippen molar-refractivity contribution in [3.63, 3.8) is 0 Å². The van der Waals surface area contributed by atoms with Crippen LogP contribution >= 0.6 is 0 Å². The third kappa shape index (κ3) is 4.70. The van der Waals surface area contributed by atoms with Crippen LogP contribution in [0.4, 0.5) is 11.6 Å². The van der Waals surface area contributed by atoms with Crippen LogP contribution in [-0.2, 0) is 0 Å². The second kappa shape index (κ2) is 8.18. The highest BCUT2D eigenvalue weighted by molar-refractivity contribution is 5.60. The van der Waals surface area contributed by atoms with Gasteiger partial charge in [0.05, 0.1) is 0 Å². The van der Waals surface area contributed by atoms with Gasteiger partial charge in [0, 0.05) is 24.8 Å². The number of anilines is 2. The van der Waals surface area contributed by atoms with Gasteiger partial charge in [-0.3, -0.25) is 0 Å². The Hall–Kier alpha value is -2.18. The lowest BCUT2D eigenvalue weighted by Gasteiger charge is -2.09. The molecule has 0 amide bonds. The number of nitrogens with one attached hydrogen (secondary N) is 2. The molecular formula is C15H21N5O. The van der Waals surface area contributed by atoms with Gasteiger partial charge < -0.3 is 15.8 Å². The summed E-state index contributed by atoms with van der Waals surface area (Å²) in [5.41, 5.74) is 3.51. The predicted octanol–water partition coefficient (Wildman–Crippen LogP) is 2.00. The number of benzene rings is 1. The van der Waals surface area contributed by atoms with E-state index in [0.29, 0.717) is 11.6 Å². The molecule has 0 spiro atoms. The lowest BCUT2D eigenvalue weighted by molar-refractivity contribution is 0.283. The van der Waals surface area contributed by atoms with Gasteiger partial charge in [0.15, 0.2) is 5.82 Å². The van der Waals surface area contributed by atoms with Crippen molar-refractivity contribution in [3.8, 4) is 11.4 Å². The standard InChI is InChI=1S/C15H21N5O/c16-20-14-11-13(17-9-5-2-6-10-21)18-15(19-14)12-7-3-1-4-8-12/h1,3-4,7-8,11,21H,2,5-6,9-10,16H2,(H2,17,18,19,20). The fraction of sp³-hybridized carbons (Fsp3) is 0.333. The molecule has 0 aliphatic heterocycles. The van der Waals surface area contributed by atoms with Crippen LogP contribution in [0.2, 0.25) is 0 Å². The van der Waals surface area contributed by atoms with Gasteiger partial charge in [-0.25, -0.2) is 15.8 Å². The molecule has 1 aromatic carbocycles. The summed E-state index contributed by atoms with van der Waals surface area (Å²) in [7, 11) is 0. The van der Waals surface area contributed by atoms with E-state index in [4.69, 9.17) is 10.9 Å². The van der Waals surface area contributed by atoms with Crippen molar-refractivity contribution in [2.75, 3.05) is 23.9 Å². The Morgan fingerprint density at radius 1 is 1.00 bits per heavy atom. The summed E-state index contributed by atoms with van der Waals surface area (Å²) in [5, 5.41) is 12.0. The molecule has 6 heteroatoms. The smallest absolute Gasteiger partial charge is 0.163 e. The number of unbranched alkanes of at least 4 members (excludes halogenated alkanes) is 2. The molecule has 112 valence electrons. The minimum absolute atomic E-state index is 0.243. The van der Waals surface area contributed by atoms with Gasteiger partial charge >= 0.3 is 0 Å². The molecule has 2 aromatic rings. The first-order chi connectivity index (χ1) is 10.3. The van der Waals surface area contributed by atoms with E-state index in [1.165, 1.54) is 0 Å². The van der Waals surface area contributed by atoms with Gasteiger partial charge in [0.2, 0.25) is 0 Å². The summed E-state index contributed by atoms with van der Waals surface area (Å²) in [5.74, 6) is 7.40. The molecule has 0 saturated carbocycles. The largest absolute Gasteiger partial charge is 0.396 e. The number of aromatic nitrogens is 2. The Labute approximate surface area is 124 Å². The Morgan fingerprint density at radius 2 is 1.76 bits per heavy atom. The first-order valence-corrected chi connectivity index (χ1v) is 7.09. The molecule has 0 aliphatic rings. The summed E-state index contributed by atoms with van der Waals surface area (Å²) < 4.78 is 0. The van der Waals surface area contributed by atoms with E-state index in [2.05, 4.69) is 20.7 Å². The minimum Gasteiger partial charge on any atom is -0.396 e. The maximum atomic E-state index is 8.75. The van der Waals surface area contributed by atoms with Crippen molar-refractivity contribution in [2.24, 2.45) is 5.84 Å². The number of hydrazine groups is 1. The van der Waals surface area contributed by atoms with Crippen LogP contribution in [-0.4, -0.2) is 28.2 Å². The molecule has 0 saturated heterocycles. The highest BCUT2D eigenvalue weighted by atomic mass is 16.2. The molecular weight excluding hydrogens is 266 g/mol. The maximum absolute atomic E-state index is 8.75. The SMILES string of the molecule is NNc1cc(NCCCCCO)nc(-c2ccccc2)n1. The quantitative estimate of drug-likeness (QED) is 0.337. The van der Waals surface area contributed by atoms with Gasteiger partial charge in [-0.1, -0.05) is 30.3 Å². The Kier molecular flexibility index (Phi) is 5.93. The third-order valence-corrected chi connectivity index (χ3v) is 3.05. The fourth-order valence-corrected chi connectivity index (χ4v) is 1.96. The summed E-state index contributed by atoms with van der Waals surface area (Å²) in [6, 6.07) is 11.5. The maximum Gasteiger partial charge on any atom is 0.163 e.